The van der Waals surface area contributed by atoms with Gasteiger partial charge in [-0.2, -0.15) is 13.2 Å². The summed E-state index contributed by atoms with van der Waals surface area (Å²) in [5, 5.41) is 0. The van der Waals surface area contributed by atoms with Crippen molar-refractivity contribution in [3.05, 3.63) is 0 Å². The van der Waals surface area contributed by atoms with E-state index < -0.39 is 16.3 Å². The van der Waals surface area contributed by atoms with Gasteiger partial charge in [-0.05, 0) is 11.7 Å². The van der Waals surface area contributed by atoms with Crippen LogP contribution in [0.15, 0.2) is 0 Å². The average Bonchev–Trinajstić information content (AvgIpc) is 1.35. The van der Waals surface area contributed by atoms with Gasteiger partial charge in [-0.3, -0.25) is 0 Å². The number of hydrogen-bond donors (Lipinski definition) is 0. The van der Waals surface area contributed by atoms with Crippen molar-refractivity contribution >= 4 is 22.5 Å². The molecule has 0 spiro atoms. The second-order valence-corrected chi connectivity index (χ2v) is 1.66. The summed E-state index contributed by atoms with van der Waals surface area (Å²) < 4.78 is 31.9. The van der Waals surface area contributed by atoms with Crippen LogP contribution in [0.4, 0.5) is 13.2 Å². The highest BCUT2D eigenvalue weighted by molar-refractivity contribution is 8.69. The van der Waals surface area contributed by atoms with Gasteiger partial charge in [-0.15, -0.1) is 0 Å². The lowest BCUT2D eigenvalue weighted by Gasteiger charge is -1.93. The van der Waals surface area contributed by atoms with Gasteiger partial charge in [0.1, 0.15) is 0 Å². The summed E-state index contributed by atoms with van der Waals surface area (Å²) in [5.74, 6) is 0. The SMILES string of the molecule is FC(F)(F)S[S]. The maximum atomic E-state index is 10.6. The Hall–Kier alpha value is 0.490. The van der Waals surface area contributed by atoms with Crippen LogP contribution in [0.1, 0.15) is 0 Å². The van der Waals surface area contributed by atoms with Crippen molar-refractivity contribution < 1.29 is 13.2 Å². The molecule has 0 aromatic rings. The van der Waals surface area contributed by atoms with E-state index in [0.29, 0.717) is 0 Å². The molecule has 0 saturated heterocycles. The van der Waals surface area contributed by atoms with Gasteiger partial charge in [-0.1, -0.05) is 0 Å². The third kappa shape index (κ3) is 4.49. The molecule has 0 amide bonds. The molecule has 0 rings (SSSR count). The minimum absolute atomic E-state index is 0.535. The van der Waals surface area contributed by atoms with E-state index in [0.717, 1.165) is 0 Å². The van der Waals surface area contributed by atoms with Crippen molar-refractivity contribution in [1.29, 1.82) is 0 Å². The molecule has 0 aliphatic rings. The monoisotopic (exact) mass is 133 g/mol. The molecule has 0 atom stereocenters. The molecule has 0 fully saturated rings. The number of alkyl halides is 3. The second-order valence-electron chi connectivity index (χ2n) is 0.529. The van der Waals surface area contributed by atoms with Crippen molar-refractivity contribution in [2.45, 2.75) is 5.51 Å². The lowest BCUT2D eigenvalue weighted by molar-refractivity contribution is -0.0310. The van der Waals surface area contributed by atoms with Gasteiger partial charge in [-0.25, -0.2) is 0 Å². The average molecular weight is 133 g/mol. The van der Waals surface area contributed by atoms with Crippen LogP contribution in [0.2, 0.25) is 0 Å². The summed E-state index contributed by atoms with van der Waals surface area (Å²) in [6.45, 7) is 0. The van der Waals surface area contributed by atoms with Crippen LogP contribution in [0.25, 0.3) is 0 Å². The molecule has 0 bridgehead atoms. The molecule has 0 aliphatic heterocycles. The molecule has 0 aromatic carbocycles. The maximum Gasteiger partial charge on any atom is 0.452 e. The smallest absolute Gasteiger partial charge is 0.160 e. The van der Waals surface area contributed by atoms with E-state index in [2.05, 4.69) is 11.7 Å². The van der Waals surface area contributed by atoms with E-state index in [-0.39, 0.29) is 0 Å². The van der Waals surface area contributed by atoms with E-state index in [4.69, 9.17) is 0 Å². The summed E-state index contributed by atoms with van der Waals surface area (Å²) in [5.41, 5.74) is -4.23. The predicted molar refractivity (Wildman–Crippen MR) is 21.2 cm³/mol. The number of halogens is 3. The molecule has 6 heavy (non-hydrogen) atoms. The van der Waals surface area contributed by atoms with E-state index in [1.165, 1.54) is 0 Å². The highest BCUT2D eigenvalue weighted by atomic mass is 33.1. The lowest BCUT2D eigenvalue weighted by atomic mass is 11.6. The lowest BCUT2D eigenvalue weighted by Crippen LogP contribution is -1.93. The molecule has 0 unspecified atom stereocenters. The maximum absolute atomic E-state index is 10.6. The first kappa shape index (κ1) is 6.49. The third-order valence-electron chi connectivity index (χ3n) is 0.0945. The largest absolute Gasteiger partial charge is 0.452 e. The number of rotatable bonds is 0. The van der Waals surface area contributed by atoms with Gasteiger partial charge in [0.2, 0.25) is 0 Å². The van der Waals surface area contributed by atoms with Crippen LogP contribution in [0.3, 0.4) is 0 Å². The molecule has 1 radical (unpaired) electrons. The fraction of sp³-hybridized carbons (Fsp3) is 1.00. The van der Waals surface area contributed by atoms with Crippen LogP contribution < -0.4 is 0 Å². The molecular formula is CF3S2. The quantitative estimate of drug-likeness (QED) is 0.457. The third-order valence-corrected chi connectivity index (χ3v) is 0.850. The molecule has 0 nitrogen and oxygen atoms in total. The molecule has 0 heterocycles. The molecule has 0 saturated carbocycles. The summed E-state index contributed by atoms with van der Waals surface area (Å²) in [6, 6.07) is 0. The number of hydrogen-bond acceptors (Lipinski definition) is 1. The predicted octanol–water partition coefficient (Wildman–Crippen LogP) is 2.35. The Morgan fingerprint density at radius 1 is 1.33 bits per heavy atom. The summed E-state index contributed by atoms with van der Waals surface area (Å²) in [6.07, 6.45) is 0. The van der Waals surface area contributed by atoms with Crippen LogP contribution in [-0.4, -0.2) is 5.51 Å². The zero-order chi connectivity index (χ0) is 5.21. The molecule has 5 heteroatoms. The first-order valence-corrected chi connectivity index (χ1v) is 2.68. The Morgan fingerprint density at radius 2 is 1.50 bits per heavy atom. The first-order valence-electron chi connectivity index (χ1n) is 0.938. The molecule has 0 aromatic heterocycles. The Bertz CT molecular complexity index is 38.5. The molecular weight excluding hydrogens is 133 g/mol. The van der Waals surface area contributed by atoms with Crippen LogP contribution in [0.5, 0.6) is 0 Å². The van der Waals surface area contributed by atoms with Crippen molar-refractivity contribution in [3.63, 3.8) is 0 Å². The molecule has 0 aliphatic carbocycles. The van der Waals surface area contributed by atoms with Crippen LogP contribution in [0, 0.1) is 0 Å². The standard InChI is InChI=1S/CF3S2/c2-1(3,4)6-5. The fourth-order valence-electron chi connectivity index (χ4n) is 0. The van der Waals surface area contributed by atoms with Gasteiger partial charge in [0.15, 0.2) is 0 Å². The highest BCUT2D eigenvalue weighted by Crippen LogP contribution is 2.32. The van der Waals surface area contributed by atoms with Crippen LogP contribution >= 0.6 is 22.5 Å². The van der Waals surface area contributed by atoms with E-state index in [1.54, 1.807) is 0 Å². The Balaban J connectivity index is 3.17. The van der Waals surface area contributed by atoms with Crippen molar-refractivity contribution in [2.24, 2.45) is 0 Å². The van der Waals surface area contributed by atoms with Gasteiger partial charge >= 0.3 is 5.51 Å². The summed E-state index contributed by atoms with van der Waals surface area (Å²) in [4.78, 5) is 0. The van der Waals surface area contributed by atoms with Crippen LogP contribution in [-0.2, 0) is 0 Å². The highest BCUT2D eigenvalue weighted by Gasteiger charge is 2.26. The fourth-order valence-corrected chi connectivity index (χ4v) is 0. The zero-order valence-electron chi connectivity index (χ0n) is 2.45. The van der Waals surface area contributed by atoms with Gasteiger partial charge in [0, 0.05) is 10.8 Å². The normalized spacial score (nSPS) is 12.0. The van der Waals surface area contributed by atoms with Gasteiger partial charge in [0.25, 0.3) is 0 Å². The van der Waals surface area contributed by atoms with E-state index in [1.807, 2.05) is 0 Å². The van der Waals surface area contributed by atoms with E-state index in [9.17, 15) is 13.2 Å². The van der Waals surface area contributed by atoms with E-state index >= 15 is 0 Å². The van der Waals surface area contributed by atoms with Crippen molar-refractivity contribution in [2.75, 3.05) is 0 Å². The second kappa shape index (κ2) is 1.97. The minimum atomic E-state index is -4.23. The minimum Gasteiger partial charge on any atom is -0.160 e. The Labute approximate surface area is 41.9 Å². The van der Waals surface area contributed by atoms with Crippen molar-refractivity contribution in [3.8, 4) is 0 Å². The Kier molecular flexibility index (Phi) is 2.13. The summed E-state index contributed by atoms with van der Waals surface area (Å²) in [7, 11) is -0.535. The Morgan fingerprint density at radius 3 is 1.50 bits per heavy atom. The van der Waals surface area contributed by atoms with Crippen molar-refractivity contribution in [1.82, 2.24) is 0 Å². The first-order chi connectivity index (χ1) is 2.56. The summed E-state index contributed by atoms with van der Waals surface area (Å²) >= 11 is 3.58. The van der Waals surface area contributed by atoms with Gasteiger partial charge < -0.3 is 0 Å². The molecule has 37 valence electrons. The molecule has 0 N–H and O–H groups in total. The topological polar surface area (TPSA) is 0 Å². The van der Waals surface area contributed by atoms with Gasteiger partial charge in [0.05, 0.1) is 0 Å². The zero-order valence-corrected chi connectivity index (χ0v) is 4.08.